The van der Waals surface area contributed by atoms with Crippen LogP contribution in [0.25, 0.3) is 0 Å². The molecule has 0 saturated heterocycles. The number of hydrogen-bond donors (Lipinski definition) is 3. The lowest BCUT2D eigenvalue weighted by atomic mass is 9.80. The summed E-state index contributed by atoms with van der Waals surface area (Å²) in [5, 5.41) is 15.4. The van der Waals surface area contributed by atoms with Gasteiger partial charge in [-0.05, 0) is 37.8 Å². The van der Waals surface area contributed by atoms with Crippen LogP contribution in [-0.4, -0.2) is 37.1 Å². The fraction of sp³-hybridized carbons (Fsp3) is 0.450. The minimum atomic E-state index is -0.129. The summed E-state index contributed by atoms with van der Waals surface area (Å²) in [7, 11) is 1.43. The highest BCUT2D eigenvalue weighted by Crippen LogP contribution is 2.36. The van der Waals surface area contributed by atoms with Gasteiger partial charge in [0.1, 0.15) is 0 Å². The predicted octanol–water partition coefficient (Wildman–Crippen LogP) is 3.04. The molecule has 1 aromatic rings. The van der Waals surface area contributed by atoms with Crippen LogP contribution in [0.3, 0.4) is 0 Å². The zero-order chi connectivity index (χ0) is 18.1. The molecule has 0 amide bonds. The number of ether oxygens (including phenoxy) is 1. The van der Waals surface area contributed by atoms with E-state index in [0.29, 0.717) is 11.6 Å². The van der Waals surface area contributed by atoms with E-state index in [0.717, 1.165) is 42.6 Å². The van der Waals surface area contributed by atoms with Crippen molar-refractivity contribution in [2.75, 3.05) is 12.4 Å². The molecule has 6 heteroatoms. The van der Waals surface area contributed by atoms with Crippen LogP contribution in [0.2, 0.25) is 0 Å². The van der Waals surface area contributed by atoms with Gasteiger partial charge in [-0.1, -0.05) is 12.1 Å². The second-order valence-electron chi connectivity index (χ2n) is 7.26. The summed E-state index contributed by atoms with van der Waals surface area (Å²) >= 11 is 0. The molecule has 1 aliphatic heterocycles. The number of benzene rings is 1. The molecule has 2 fully saturated rings. The molecule has 136 valence electrons. The molecule has 26 heavy (non-hydrogen) atoms. The molecule has 0 radical (unpaired) electrons. The van der Waals surface area contributed by atoms with Crippen molar-refractivity contribution < 1.29 is 9.53 Å². The zero-order valence-corrected chi connectivity index (χ0v) is 14.9. The monoisotopic (exact) mass is 352 g/mol. The number of nitrogens with zero attached hydrogens (tertiary/aromatic N) is 1. The molecule has 0 bridgehead atoms. The number of anilines is 1. The van der Waals surface area contributed by atoms with Gasteiger partial charge in [-0.15, -0.1) is 0 Å². The van der Waals surface area contributed by atoms with E-state index in [2.05, 4.69) is 15.6 Å². The van der Waals surface area contributed by atoms with E-state index in [9.17, 15) is 4.79 Å². The lowest BCUT2D eigenvalue weighted by Gasteiger charge is -2.34. The van der Waals surface area contributed by atoms with Crippen molar-refractivity contribution in [3.8, 4) is 0 Å². The fourth-order valence-corrected chi connectivity index (χ4v) is 3.49. The smallest absolute Gasteiger partial charge is 0.308 e. The van der Waals surface area contributed by atoms with Gasteiger partial charge in [0.25, 0.3) is 0 Å². The number of carbonyl (C=O) groups is 1. The molecule has 1 unspecified atom stereocenters. The van der Waals surface area contributed by atoms with Crippen molar-refractivity contribution in [3.05, 3.63) is 36.0 Å². The van der Waals surface area contributed by atoms with E-state index < -0.39 is 0 Å². The third-order valence-electron chi connectivity index (χ3n) is 5.36. The van der Waals surface area contributed by atoms with E-state index in [1.807, 2.05) is 36.7 Å². The van der Waals surface area contributed by atoms with Crippen molar-refractivity contribution in [2.24, 2.45) is 16.8 Å². The second kappa shape index (κ2) is 6.94. The van der Waals surface area contributed by atoms with Crippen LogP contribution in [0.4, 0.5) is 11.4 Å². The van der Waals surface area contributed by atoms with Crippen LogP contribution in [0.5, 0.6) is 0 Å². The van der Waals surface area contributed by atoms with Gasteiger partial charge in [0.05, 0.1) is 30.4 Å². The fourth-order valence-electron chi connectivity index (χ4n) is 3.49. The number of aliphatic imine (C=N–C) groups is 1. The lowest BCUT2D eigenvalue weighted by Crippen LogP contribution is -2.43. The zero-order valence-electron chi connectivity index (χ0n) is 14.9. The van der Waals surface area contributed by atoms with E-state index >= 15 is 0 Å². The Labute approximate surface area is 153 Å². The largest absolute Gasteiger partial charge is 0.469 e. The number of methoxy groups -OCH3 is 1. The Kier molecular flexibility index (Phi) is 4.49. The summed E-state index contributed by atoms with van der Waals surface area (Å²) in [6.07, 6.45) is 7.57. The SMILES string of the molecule is COC(=O)C1CC(N/C=C(\C(=N)C2CC2)C2C=Nc3ccccc3N2)C1. The van der Waals surface area contributed by atoms with Gasteiger partial charge in [0, 0.05) is 35.7 Å². The molecular weight excluding hydrogens is 328 g/mol. The van der Waals surface area contributed by atoms with Crippen molar-refractivity contribution in [1.82, 2.24) is 5.32 Å². The quantitative estimate of drug-likeness (QED) is 0.542. The first-order chi connectivity index (χ1) is 12.7. The van der Waals surface area contributed by atoms with Gasteiger partial charge in [0.15, 0.2) is 0 Å². The molecule has 3 N–H and O–H groups in total. The van der Waals surface area contributed by atoms with E-state index in [-0.39, 0.29) is 24.0 Å². The Balaban J connectivity index is 1.46. The van der Waals surface area contributed by atoms with Crippen molar-refractivity contribution >= 4 is 29.3 Å². The first-order valence-electron chi connectivity index (χ1n) is 9.18. The van der Waals surface area contributed by atoms with Crippen LogP contribution >= 0.6 is 0 Å². The Morgan fingerprint density at radius 1 is 1.31 bits per heavy atom. The minimum Gasteiger partial charge on any atom is -0.469 e. The Hall–Kier alpha value is -2.63. The third kappa shape index (κ3) is 3.36. The number of nitrogens with one attached hydrogen (secondary N) is 3. The maximum absolute atomic E-state index is 11.5. The Morgan fingerprint density at radius 3 is 2.81 bits per heavy atom. The van der Waals surface area contributed by atoms with E-state index in [1.54, 1.807) is 0 Å². The van der Waals surface area contributed by atoms with Gasteiger partial charge in [0.2, 0.25) is 0 Å². The Bertz CT molecular complexity index is 776. The molecule has 1 aromatic carbocycles. The number of para-hydroxylation sites is 2. The standard InChI is InChI=1S/C20H24N4O2/c1-26-20(25)13-8-14(9-13)22-10-15(19(21)12-6-7-12)18-11-23-16-4-2-3-5-17(16)24-18/h2-5,10-14,18,21-22,24H,6-9H2,1H3/b15-10-,21-19?. The maximum atomic E-state index is 11.5. The summed E-state index contributed by atoms with van der Waals surface area (Å²) in [4.78, 5) is 16.1. The maximum Gasteiger partial charge on any atom is 0.308 e. The summed E-state index contributed by atoms with van der Waals surface area (Å²) in [5.41, 5.74) is 3.54. The summed E-state index contributed by atoms with van der Waals surface area (Å²) in [6.45, 7) is 0. The van der Waals surface area contributed by atoms with Gasteiger partial charge in [-0.3, -0.25) is 9.79 Å². The minimum absolute atomic E-state index is 0.00141. The first-order valence-corrected chi connectivity index (χ1v) is 9.18. The average molecular weight is 352 g/mol. The number of esters is 1. The van der Waals surface area contributed by atoms with E-state index in [4.69, 9.17) is 10.1 Å². The third-order valence-corrected chi connectivity index (χ3v) is 5.36. The average Bonchev–Trinajstić information content (AvgIpc) is 3.47. The van der Waals surface area contributed by atoms with Crippen LogP contribution in [0.1, 0.15) is 25.7 Å². The first kappa shape index (κ1) is 16.8. The number of fused-ring (bicyclic) bond motifs is 1. The highest BCUT2D eigenvalue weighted by molar-refractivity contribution is 6.06. The lowest BCUT2D eigenvalue weighted by molar-refractivity contribution is -0.149. The molecule has 3 aliphatic rings. The van der Waals surface area contributed by atoms with Crippen molar-refractivity contribution in [1.29, 1.82) is 5.41 Å². The normalized spacial score (nSPS) is 27.0. The molecule has 2 aliphatic carbocycles. The molecule has 2 saturated carbocycles. The van der Waals surface area contributed by atoms with Crippen LogP contribution in [-0.2, 0) is 9.53 Å². The van der Waals surface area contributed by atoms with Crippen LogP contribution in [0.15, 0.2) is 41.0 Å². The molecule has 1 heterocycles. The second-order valence-corrected chi connectivity index (χ2v) is 7.26. The van der Waals surface area contributed by atoms with Gasteiger partial charge >= 0.3 is 5.97 Å². The van der Waals surface area contributed by atoms with Gasteiger partial charge < -0.3 is 20.8 Å². The van der Waals surface area contributed by atoms with Gasteiger partial charge in [-0.25, -0.2) is 0 Å². The summed E-state index contributed by atoms with van der Waals surface area (Å²) < 4.78 is 4.79. The Morgan fingerprint density at radius 2 is 2.08 bits per heavy atom. The molecule has 0 spiro atoms. The van der Waals surface area contributed by atoms with Crippen LogP contribution < -0.4 is 10.6 Å². The number of rotatable bonds is 6. The topological polar surface area (TPSA) is 86.6 Å². The number of carbonyl (C=O) groups excluding carboxylic acids is 1. The molecule has 0 aromatic heterocycles. The highest BCUT2D eigenvalue weighted by Gasteiger charge is 2.36. The molecule has 1 atom stereocenters. The highest BCUT2D eigenvalue weighted by atomic mass is 16.5. The van der Waals surface area contributed by atoms with Crippen LogP contribution in [0, 0.1) is 17.2 Å². The molecular formula is C20H24N4O2. The predicted molar refractivity (Wildman–Crippen MR) is 102 cm³/mol. The molecule has 4 rings (SSSR count). The summed E-state index contributed by atoms with van der Waals surface area (Å²) in [6, 6.07) is 8.09. The summed E-state index contributed by atoms with van der Waals surface area (Å²) in [5.74, 6) is 0.230. The van der Waals surface area contributed by atoms with Crippen molar-refractivity contribution in [2.45, 2.75) is 37.8 Å². The van der Waals surface area contributed by atoms with Crippen molar-refractivity contribution in [3.63, 3.8) is 0 Å². The van der Waals surface area contributed by atoms with E-state index in [1.165, 1.54) is 7.11 Å². The molecule has 6 nitrogen and oxygen atoms in total. The number of hydrogen-bond acceptors (Lipinski definition) is 6. The van der Waals surface area contributed by atoms with Gasteiger partial charge in [-0.2, -0.15) is 0 Å².